The maximum Gasteiger partial charge on any atom is 0.128 e. The monoisotopic (exact) mass is 291 g/mol. The summed E-state index contributed by atoms with van der Waals surface area (Å²) < 4.78 is 0. The molecule has 1 N–H and O–H groups in total. The van der Waals surface area contributed by atoms with Crippen LogP contribution in [0.5, 0.6) is 0 Å². The summed E-state index contributed by atoms with van der Waals surface area (Å²) >= 11 is 0. The van der Waals surface area contributed by atoms with E-state index in [-0.39, 0.29) is 6.10 Å². The van der Waals surface area contributed by atoms with Gasteiger partial charge in [-0.25, -0.2) is 4.98 Å². The SMILES string of the molecule is CC[C@@H](O)CN(CC)CC1CCN(c2ccccn2)CC1. The van der Waals surface area contributed by atoms with E-state index in [9.17, 15) is 5.11 Å². The second-order valence-electron chi connectivity index (χ2n) is 6.03. The summed E-state index contributed by atoms with van der Waals surface area (Å²) in [6.07, 6.45) is 4.96. The molecule has 2 heterocycles. The van der Waals surface area contributed by atoms with Crippen LogP contribution < -0.4 is 4.90 Å². The van der Waals surface area contributed by atoms with Crippen LogP contribution in [0.1, 0.15) is 33.1 Å². The van der Waals surface area contributed by atoms with E-state index >= 15 is 0 Å². The summed E-state index contributed by atoms with van der Waals surface area (Å²) in [5.41, 5.74) is 0. The predicted octanol–water partition coefficient (Wildman–Crippen LogP) is 2.39. The molecule has 1 fully saturated rings. The minimum absolute atomic E-state index is 0.182. The fourth-order valence-corrected chi connectivity index (χ4v) is 3.01. The summed E-state index contributed by atoms with van der Waals surface area (Å²) in [7, 11) is 0. The zero-order valence-corrected chi connectivity index (χ0v) is 13.4. The Labute approximate surface area is 128 Å². The lowest BCUT2D eigenvalue weighted by Crippen LogP contribution is -2.41. The molecule has 1 atom stereocenters. The molecule has 1 aliphatic heterocycles. The van der Waals surface area contributed by atoms with E-state index in [0.29, 0.717) is 0 Å². The average molecular weight is 291 g/mol. The van der Waals surface area contributed by atoms with E-state index in [2.05, 4.69) is 33.8 Å². The molecule has 1 aromatic heterocycles. The van der Waals surface area contributed by atoms with E-state index < -0.39 is 0 Å². The number of aliphatic hydroxyl groups excluding tert-OH is 1. The molecule has 0 spiro atoms. The highest BCUT2D eigenvalue weighted by Crippen LogP contribution is 2.22. The molecule has 0 saturated carbocycles. The topological polar surface area (TPSA) is 39.6 Å². The van der Waals surface area contributed by atoms with Gasteiger partial charge in [-0.15, -0.1) is 0 Å². The zero-order chi connectivity index (χ0) is 15.1. The molecule has 2 rings (SSSR count). The van der Waals surface area contributed by atoms with Crippen molar-refractivity contribution in [1.82, 2.24) is 9.88 Å². The first-order valence-corrected chi connectivity index (χ1v) is 8.29. The number of anilines is 1. The van der Waals surface area contributed by atoms with Crippen LogP contribution in [0.15, 0.2) is 24.4 Å². The van der Waals surface area contributed by atoms with Crippen LogP contribution in [0, 0.1) is 5.92 Å². The number of likely N-dealkylation sites (N-methyl/N-ethyl adjacent to an activating group) is 1. The van der Waals surface area contributed by atoms with Gasteiger partial charge >= 0.3 is 0 Å². The molecule has 4 nitrogen and oxygen atoms in total. The van der Waals surface area contributed by atoms with Gasteiger partial charge in [-0.05, 0) is 43.9 Å². The molecular weight excluding hydrogens is 262 g/mol. The first kappa shape index (κ1) is 16.2. The van der Waals surface area contributed by atoms with E-state index in [1.165, 1.54) is 12.8 Å². The summed E-state index contributed by atoms with van der Waals surface area (Å²) in [6, 6.07) is 6.12. The zero-order valence-electron chi connectivity index (χ0n) is 13.4. The Morgan fingerprint density at radius 1 is 1.33 bits per heavy atom. The largest absolute Gasteiger partial charge is 0.392 e. The lowest BCUT2D eigenvalue weighted by atomic mass is 9.96. The van der Waals surface area contributed by atoms with E-state index in [1.54, 1.807) is 0 Å². The Bertz CT molecular complexity index is 390. The van der Waals surface area contributed by atoms with E-state index in [0.717, 1.165) is 50.9 Å². The summed E-state index contributed by atoms with van der Waals surface area (Å²) in [6.45, 7) is 9.37. The third-order valence-electron chi connectivity index (χ3n) is 4.49. The first-order chi connectivity index (χ1) is 10.2. The van der Waals surface area contributed by atoms with Gasteiger partial charge in [0.15, 0.2) is 0 Å². The molecule has 1 aromatic rings. The van der Waals surface area contributed by atoms with Crippen LogP contribution in [0.2, 0.25) is 0 Å². The highest BCUT2D eigenvalue weighted by atomic mass is 16.3. The maximum atomic E-state index is 9.82. The van der Waals surface area contributed by atoms with Crippen LogP contribution in [0.4, 0.5) is 5.82 Å². The molecule has 0 aromatic carbocycles. The number of hydrogen-bond acceptors (Lipinski definition) is 4. The van der Waals surface area contributed by atoms with Gasteiger partial charge in [0.2, 0.25) is 0 Å². The quantitative estimate of drug-likeness (QED) is 0.837. The van der Waals surface area contributed by atoms with Gasteiger partial charge in [-0.1, -0.05) is 19.9 Å². The van der Waals surface area contributed by atoms with Crippen molar-refractivity contribution in [2.24, 2.45) is 5.92 Å². The standard InChI is InChI=1S/C17H29N3O/c1-3-16(21)14-19(4-2)13-15-8-11-20(12-9-15)17-7-5-6-10-18-17/h5-7,10,15-16,21H,3-4,8-9,11-14H2,1-2H3/t16-/m1/s1. The van der Waals surface area contributed by atoms with Crippen molar-refractivity contribution < 1.29 is 5.11 Å². The Kier molecular flexibility index (Phi) is 6.46. The van der Waals surface area contributed by atoms with Crippen LogP contribution in [-0.2, 0) is 0 Å². The van der Waals surface area contributed by atoms with Crippen molar-refractivity contribution >= 4 is 5.82 Å². The van der Waals surface area contributed by atoms with E-state index in [4.69, 9.17) is 0 Å². The van der Waals surface area contributed by atoms with Gasteiger partial charge in [0.1, 0.15) is 5.82 Å². The van der Waals surface area contributed by atoms with Gasteiger partial charge in [0.25, 0.3) is 0 Å². The molecule has 118 valence electrons. The van der Waals surface area contributed by atoms with Crippen LogP contribution in [-0.4, -0.2) is 53.8 Å². The normalized spacial score (nSPS) is 18.2. The fourth-order valence-electron chi connectivity index (χ4n) is 3.01. The summed E-state index contributed by atoms with van der Waals surface area (Å²) in [5, 5.41) is 9.82. The lowest BCUT2D eigenvalue weighted by Gasteiger charge is -2.35. The average Bonchev–Trinajstić information content (AvgIpc) is 2.55. The summed E-state index contributed by atoms with van der Waals surface area (Å²) in [5.74, 6) is 1.85. The van der Waals surface area contributed by atoms with Crippen molar-refractivity contribution in [2.75, 3.05) is 37.6 Å². The van der Waals surface area contributed by atoms with Gasteiger partial charge in [0.05, 0.1) is 6.10 Å². The number of aliphatic hydroxyl groups is 1. The van der Waals surface area contributed by atoms with E-state index in [1.807, 2.05) is 19.2 Å². The minimum atomic E-state index is -0.182. The van der Waals surface area contributed by atoms with Crippen molar-refractivity contribution in [1.29, 1.82) is 0 Å². The molecule has 4 heteroatoms. The molecule has 0 aliphatic carbocycles. The van der Waals surface area contributed by atoms with Gasteiger partial charge in [-0.2, -0.15) is 0 Å². The second kappa shape index (κ2) is 8.35. The fraction of sp³-hybridized carbons (Fsp3) is 0.706. The second-order valence-corrected chi connectivity index (χ2v) is 6.03. The van der Waals surface area contributed by atoms with Crippen LogP contribution >= 0.6 is 0 Å². The Balaban J connectivity index is 1.78. The molecule has 0 unspecified atom stereocenters. The molecule has 0 bridgehead atoms. The molecule has 1 saturated heterocycles. The minimum Gasteiger partial charge on any atom is -0.392 e. The van der Waals surface area contributed by atoms with Crippen molar-refractivity contribution in [3.63, 3.8) is 0 Å². The number of piperidine rings is 1. The van der Waals surface area contributed by atoms with Crippen LogP contribution in [0.3, 0.4) is 0 Å². The highest BCUT2D eigenvalue weighted by molar-refractivity contribution is 5.37. The van der Waals surface area contributed by atoms with Gasteiger partial charge < -0.3 is 14.9 Å². The molecule has 0 radical (unpaired) electrons. The Morgan fingerprint density at radius 2 is 2.10 bits per heavy atom. The molecular formula is C17H29N3O. The maximum absolute atomic E-state index is 9.82. The number of nitrogens with zero attached hydrogens (tertiary/aromatic N) is 3. The van der Waals surface area contributed by atoms with Crippen molar-refractivity contribution in [2.45, 2.75) is 39.2 Å². The number of hydrogen-bond donors (Lipinski definition) is 1. The number of pyridine rings is 1. The lowest BCUT2D eigenvalue weighted by molar-refractivity contribution is 0.0995. The predicted molar refractivity (Wildman–Crippen MR) is 87.6 cm³/mol. The molecule has 0 amide bonds. The Morgan fingerprint density at radius 3 is 2.67 bits per heavy atom. The number of aromatic nitrogens is 1. The third kappa shape index (κ3) is 4.97. The molecule has 21 heavy (non-hydrogen) atoms. The Hall–Kier alpha value is -1.13. The van der Waals surface area contributed by atoms with Crippen molar-refractivity contribution in [3.05, 3.63) is 24.4 Å². The number of rotatable bonds is 7. The van der Waals surface area contributed by atoms with Crippen LogP contribution in [0.25, 0.3) is 0 Å². The molecule has 1 aliphatic rings. The first-order valence-electron chi connectivity index (χ1n) is 8.29. The highest BCUT2D eigenvalue weighted by Gasteiger charge is 2.22. The van der Waals surface area contributed by atoms with Gasteiger partial charge in [0, 0.05) is 32.4 Å². The summed E-state index contributed by atoms with van der Waals surface area (Å²) in [4.78, 5) is 9.22. The smallest absolute Gasteiger partial charge is 0.128 e. The third-order valence-corrected chi connectivity index (χ3v) is 4.49. The van der Waals surface area contributed by atoms with Gasteiger partial charge in [-0.3, -0.25) is 0 Å². The van der Waals surface area contributed by atoms with Crippen molar-refractivity contribution in [3.8, 4) is 0 Å².